The highest BCUT2D eigenvalue weighted by molar-refractivity contribution is 7.20. The van der Waals surface area contributed by atoms with Gasteiger partial charge in [0.25, 0.3) is 5.56 Å². The Kier molecular flexibility index (Phi) is 3.24. The summed E-state index contributed by atoms with van der Waals surface area (Å²) in [6.45, 7) is 6.89. The zero-order chi connectivity index (χ0) is 13.4. The van der Waals surface area contributed by atoms with Crippen molar-refractivity contribution in [2.45, 2.75) is 20.3 Å². The fraction of sp³-hybridized carbons (Fsp3) is 0.583. The Labute approximate surface area is 114 Å². The lowest BCUT2D eigenvalue weighted by Crippen LogP contribution is -2.36. The third-order valence-electron chi connectivity index (χ3n) is 3.34. The van der Waals surface area contributed by atoms with Crippen molar-refractivity contribution in [2.24, 2.45) is 0 Å². The maximum Gasteiger partial charge on any atom is 0.278 e. The van der Waals surface area contributed by atoms with Crippen molar-refractivity contribution in [1.82, 2.24) is 14.6 Å². The average Bonchev–Trinajstić information content (AvgIpc) is 2.84. The zero-order valence-electron chi connectivity index (χ0n) is 11.0. The van der Waals surface area contributed by atoms with Crippen LogP contribution in [0.1, 0.15) is 18.2 Å². The molecular weight excluding hydrogens is 264 g/mol. The first-order chi connectivity index (χ1) is 9.20. The van der Waals surface area contributed by atoms with E-state index in [1.807, 2.05) is 13.8 Å². The minimum Gasteiger partial charge on any atom is -0.378 e. The van der Waals surface area contributed by atoms with Crippen LogP contribution in [0.4, 0.5) is 5.13 Å². The van der Waals surface area contributed by atoms with Gasteiger partial charge in [-0.25, -0.2) is 4.98 Å². The van der Waals surface area contributed by atoms with Crippen LogP contribution in [-0.4, -0.2) is 40.9 Å². The Hall–Kier alpha value is -1.47. The molecule has 102 valence electrons. The lowest BCUT2D eigenvalue weighted by atomic mass is 10.2. The summed E-state index contributed by atoms with van der Waals surface area (Å²) in [5, 5.41) is 5.26. The van der Waals surface area contributed by atoms with Gasteiger partial charge in [0.15, 0.2) is 0 Å². The van der Waals surface area contributed by atoms with Crippen molar-refractivity contribution in [3.8, 4) is 0 Å². The molecule has 0 unspecified atom stereocenters. The van der Waals surface area contributed by atoms with E-state index in [0.717, 1.165) is 29.5 Å². The first-order valence-corrected chi connectivity index (χ1v) is 7.24. The van der Waals surface area contributed by atoms with Crippen LogP contribution in [0, 0.1) is 6.92 Å². The van der Waals surface area contributed by atoms with Crippen LogP contribution in [0.2, 0.25) is 0 Å². The highest BCUT2D eigenvalue weighted by atomic mass is 32.1. The molecule has 2 aromatic heterocycles. The Morgan fingerprint density at radius 3 is 2.79 bits per heavy atom. The highest BCUT2D eigenvalue weighted by Gasteiger charge is 2.18. The van der Waals surface area contributed by atoms with Gasteiger partial charge in [-0.1, -0.05) is 18.3 Å². The molecule has 3 heterocycles. The molecule has 6 nitrogen and oxygen atoms in total. The Morgan fingerprint density at radius 1 is 1.37 bits per heavy atom. The second-order valence-electron chi connectivity index (χ2n) is 4.51. The maximum absolute atomic E-state index is 12.3. The number of hydrogen-bond acceptors (Lipinski definition) is 6. The summed E-state index contributed by atoms with van der Waals surface area (Å²) in [6.07, 6.45) is 0.686. The van der Waals surface area contributed by atoms with E-state index in [0.29, 0.717) is 24.6 Å². The normalized spacial score (nSPS) is 16.2. The molecule has 0 saturated carbocycles. The van der Waals surface area contributed by atoms with Crippen LogP contribution in [-0.2, 0) is 11.2 Å². The van der Waals surface area contributed by atoms with Gasteiger partial charge in [-0.3, -0.25) is 4.79 Å². The molecule has 0 atom stereocenters. The van der Waals surface area contributed by atoms with E-state index in [2.05, 4.69) is 15.0 Å². The quantitative estimate of drug-likeness (QED) is 0.816. The molecular formula is C12H16N4O2S. The van der Waals surface area contributed by atoms with E-state index in [1.165, 1.54) is 15.9 Å². The molecule has 0 amide bonds. The van der Waals surface area contributed by atoms with Crippen molar-refractivity contribution >= 4 is 21.4 Å². The second kappa shape index (κ2) is 4.90. The summed E-state index contributed by atoms with van der Waals surface area (Å²) in [7, 11) is 0. The third-order valence-corrected chi connectivity index (χ3v) is 4.30. The van der Waals surface area contributed by atoms with Crippen molar-refractivity contribution in [2.75, 3.05) is 31.2 Å². The highest BCUT2D eigenvalue weighted by Crippen LogP contribution is 2.22. The first-order valence-electron chi connectivity index (χ1n) is 6.42. The van der Waals surface area contributed by atoms with Crippen LogP contribution >= 0.6 is 11.3 Å². The van der Waals surface area contributed by atoms with Crippen molar-refractivity contribution in [3.63, 3.8) is 0 Å². The molecule has 3 rings (SSSR count). The van der Waals surface area contributed by atoms with Crippen LogP contribution in [0.15, 0.2) is 4.79 Å². The number of anilines is 1. The summed E-state index contributed by atoms with van der Waals surface area (Å²) in [5.41, 5.74) is 1.52. The molecule has 0 aromatic carbocycles. The molecule has 2 aromatic rings. The molecule has 1 aliphatic heterocycles. The van der Waals surface area contributed by atoms with Gasteiger partial charge in [0.1, 0.15) is 0 Å². The average molecular weight is 280 g/mol. The molecule has 0 bridgehead atoms. The van der Waals surface area contributed by atoms with Crippen LogP contribution in [0.5, 0.6) is 0 Å². The topological polar surface area (TPSA) is 59.7 Å². The summed E-state index contributed by atoms with van der Waals surface area (Å²) >= 11 is 1.46. The van der Waals surface area contributed by atoms with E-state index in [9.17, 15) is 4.79 Å². The predicted octanol–water partition coefficient (Wildman–Crippen LogP) is 0.858. The van der Waals surface area contributed by atoms with Gasteiger partial charge >= 0.3 is 0 Å². The summed E-state index contributed by atoms with van der Waals surface area (Å²) < 4.78 is 6.76. The molecule has 1 saturated heterocycles. The van der Waals surface area contributed by atoms with E-state index < -0.39 is 0 Å². The number of aryl methyl sites for hydroxylation is 1. The lowest BCUT2D eigenvalue weighted by Gasteiger charge is -2.25. The van der Waals surface area contributed by atoms with E-state index >= 15 is 0 Å². The fourth-order valence-electron chi connectivity index (χ4n) is 2.26. The molecule has 1 aliphatic rings. The van der Waals surface area contributed by atoms with Crippen LogP contribution in [0.25, 0.3) is 4.96 Å². The largest absolute Gasteiger partial charge is 0.378 e. The Balaban J connectivity index is 2.10. The van der Waals surface area contributed by atoms with Crippen molar-refractivity contribution in [3.05, 3.63) is 21.6 Å². The van der Waals surface area contributed by atoms with Gasteiger partial charge in [0, 0.05) is 24.3 Å². The second-order valence-corrected chi connectivity index (χ2v) is 5.45. The SMILES string of the molecule is CCc1c(C)nc2sc(N3CCOCC3)nn2c1=O. The van der Waals surface area contributed by atoms with E-state index in [1.54, 1.807) is 0 Å². The molecule has 0 radical (unpaired) electrons. The number of morpholine rings is 1. The minimum atomic E-state index is -0.0410. The number of aromatic nitrogens is 3. The summed E-state index contributed by atoms with van der Waals surface area (Å²) in [4.78, 5) is 19.6. The summed E-state index contributed by atoms with van der Waals surface area (Å²) in [6, 6.07) is 0. The number of ether oxygens (including phenoxy) is 1. The van der Waals surface area contributed by atoms with Gasteiger partial charge in [0.05, 0.1) is 13.2 Å². The lowest BCUT2D eigenvalue weighted by molar-refractivity contribution is 0.122. The zero-order valence-corrected chi connectivity index (χ0v) is 11.9. The van der Waals surface area contributed by atoms with Crippen molar-refractivity contribution in [1.29, 1.82) is 0 Å². The molecule has 0 aliphatic carbocycles. The third kappa shape index (κ3) is 2.12. The molecule has 19 heavy (non-hydrogen) atoms. The summed E-state index contributed by atoms with van der Waals surface area (Å²) in [5.74, 6) is 0. The molecule has 7 heteroatoms. The van der Waals surface area contributed by atoms with Gasteiger partial charge in [-0.2, -0.15) is 4.52 Å². The molecule has 1 fully saturated rings. The Bertz CT molecular complexity index is 658. The minimum absolute atomic E-state index is 0.0410. The number of nitrogens with zero attached hydrogens (tertiary/aromatic N) is 4. The molecule has 0 spiro atoms. The smallest absolute Gasteiger partial charge is 0.278 e. The number of rotatable bonds is 2. The predicted molar refractivity (Wildman–Crippen MR) is 74.3 cm³/mol. The fourth-order valence-corrected chi connectivity index (χ4v) is 3.25. The monoisotopic (exact) mass is 280 g/mol. The van der Waals surface area contributed by atoms with Gasteiger partial charge in [-0.05, 0) is 13.3 Å². The van der Waals surface area contributed by atoms with Crippen LogP contribution < -0.4 is 10.5 Å². The first kappa shape index (κ1) is 12.6. The van der Waals surface area contributed by atoms with Gasteiger partial charge < -0.3 is 9.64 Å². The number of fused-ring (bicyclic) bond motifs is 1. The Morgan fingerprint density at radius 2 is 2.11 bits per heavy atom. The van der Waals surface area contributed by atoms with E-state index in [4.69, 9.17) is 4.74 Å². The van der Waals surface area contributed by atoms with Crippen LogP contribution in [0.3, 0.4) is 0 Å². The van der Waals surface area contributed by atoms with Gasteiger partial charge in [-0.15, -0.1) is 5.10 Å². The van der Waals surface area contributed by atoms with E-state index in [-0.39, 0.29) is 5.56 Å². The molecule has 0 N–H and O–H groups in total. The maximum atomic E-state index is 12.3. The number of hydrogen-bond donors (Lipinski definition) is 0. The van der Waals surface area contributed by atoms with Crippen molar-refractivity contribution < 1.29 is 4.74 Å². The standard InChI is InChI=1S/C12H16N4O2S/c1-3-9-8(2)13-11-16(10(9)17)14-12(19-11)15-4-6-18-7-5-15/h3-7H2,1-2H3. The van der Waals surface area contributed by atoms with Gasteiger partial charge in [0.2, 0.25) is 10.1 Å².